The summed E-state index contributed by atoms with van der Waals surface area (Å²) in [6, 6.07) is -0.891. The molecule has 1 atom stereocenters. The first-order chi connectivity index (χ1) is 9.09. The fraction of sp³-hybridized carbons (Fsp3) is 0.857. The van der Waals surface area contributed by atoms with Gasteiger partial charge in [-0.1, -0.05) is 13.8 Å². The zero-order valence-electron chi connectivity index (χ0n) is 14.1. The highest BCUT2D eigenvalue weighted by Crippen LogP contribution is 2.18. The van der Waals surface area contributed by atoms with Gasteiger partial charge in [0.25, 0.3) is 0 Å². The van der Waals surface area contributed by atoms with Crippen LogP contribution in [0.5, 0.6) is 0 Å². The van der Waals surface area contributed by atoms with Crippen molar-refractivity contribution in [3.05, 3.63) is 0 Å². The Morgan fingerprint density at radius 1 is 1.05 bits per heavy atom. The summed E-state index contributed by atoms with van der Waals surface area (Å²) in [5.74, 6) is -1.51. The van der Waals surface area contributed by atoms with E-state index in [9.17, 15) is 18.0 Å². The van der Waals surface area contributed by atoms with Crippen molar-refractivity contribution in [1.29, 1.82) is 0 Å². The first kappa shape index (κ1) is 19.9. The van der Waals surface area contributed by atoms with Gasteiger partial charge in [-0.3, -0.25) is 4.79 Å². The molecule has 0 bridgehead atoms. The minimum Gasteiger partial charge on any atom is -0.458 e. The summed E-state index contributed by atoms with van der Waals surface area (Å²) in [5.41, 5.74) is -0.679. The average molecular weight is 321 g/mol. The maximum absolute atomic E-state index is 12.2. The second kappa shape index (κ2) is 6.34. The van der Waals surface area contributed by atoms with Crippen LogP contribution in [-0.4, -0.2) is 42.9 Å². The first-order valence-corrected chi connectivity index (χ1v) is 8.72. The molecule has 0 aliphatic rings. The molecule has 0 fully saturated rings. The van der Waals surface area contributed by atoms with Crippen LogP contribution < -0.4 is 5.32 Å². The molecule has 6 nitrogen and oxygen atoms in total. The lowest BCUT2D eigenvalue weighted by Crippen LogP contribution is -2.55. The molecule has 0 saturated heterocycles. The SMILES string of the molecule is CC(C)[C@@H](NC(=O)C(C)(C)S(C)(=O)=O)C(=O)OC(C)(C)C. The molecule has 1 amide bonds. The van der Waals surface area contributed by atoms with Crippen LogP contribution in [0.3, 0.4) is 0 Å². The number of rotatable bonds is 5. The predicted molar refractivity (Wildman–Crippen MR) is 81.5 cm³/mol. The lowest BCUT2D eigenvalue weighted by Gasteiger charge is -2.29. The van der Waals surface area contributed by atoms with E-state index in [1.165, 1.54) is 13.8 Å². The van der Waals surface area contributed by atoms with Crippen LogP contribution in [0.15, 0.2) is 0 Å². The highest BCUT2D eigenvalue weighted by Gasteiger charge is 2.41. The number of hydrogen-bond donors (Lipinski definition) is 1. The maximum atomic E-state index is 12.2. The van der Waals surface area contributed by atoms with E-state index < -0.39 is 38.1 Å². The van der Waals surface area contributed by atoms with E-state index in [4.69, 9.17) is 4.74 Å². The standard InChI is InChI=1S/C14H27NO5S/c1-9(2)10(11(16)20-13(3,4)5)15-12(17)14(6,7)21(8,18)19/h9-10H,1-8H3,(H,15,17)/t10-/m1/s1. The van der Waals surface area contributed by atoms with Gasteiger partial charge in [0, 0.05) is 6.26 Å². The zero-order valence-corrected chi connectivity index (χ0v) is 14.9. The van der Waals surface area contributed by atoms with Crippen molar-refractivity contribution in [3.8, 4) is 0 Å². The number of sulfone groups is 1. The van der Waals surface area contributed by atoms with Crippen LogP contribution in [-0.2, 0) is 24.2 Å². The largest absolute Gasteiger partial charge is 0.458 e. The van der Waals surface area contributed by atoms with Gasteiger partial charge in [-0.2, -0.15) is 0 Å². The number of nitrogens with one attached hydrogen (secondary N) is 1. The van der Waals surface area contributed by atoms with Crippen LogP contribution in [0.2, 0.25) is 0 Å². The quantitative estimate of drug-likeness (QED) is 0.771. The molecule has 7 heteroatoms. The predicted octanol–water partition coefficient (Wildman–Crippen LogP) is 1.29. The van der Waals surface area contributed by atoms with E-state index in [-0.39, 0.29) is 5.92 Å². The van der Waals surface area contributed by atoms with E-state index in [0.29, 0.717) is 0 Å². The van der Waals surface area contributed by atoms with E-state index in [2.05, 4.69) is 5.32 Å². The Morgan fingerprint density at radius 3 is 1.76 bits per heavy atom. The fourth-order valence-electron chi connectivity index (χ4n) is 1.35. The molecule has 124 valence electrons. The van der Waals surface area contributed by atoms with Gasteiger partial charge in [0.15, 0.2) is 9.84 Å². The Balaban J connectivity index is 5.22. The molecule has 0 aliphatic carbocycles. The molecule has 1 N–H and O–H groups in total. The molecule has 0 spiro atoms. The van der Waals surface area contributed by atoms with Crippen molar-refractivity contribution >= 4 is 21.7 Å². The van der Waals surface area contributed by atoms with Gasteiger partial charge in [-0.15, -0.1) is 0 Å². The van der Waals surface area contributed by atoms with Crippen LogP contribution in [0.25, 0.3) is 0 Å². The highest BCUT2D eigenvalue weighted by molar-refractivity contribution is 7.92. The van der Waals surface area contributed by atoms with Crippen LogP contribution in [0, 0.1) is 5.92 Å². The number of amides is 1. The van der Waals surface area contributed by atoms with E-state index >= 15 is 0 Å². The second-order valence-corrected chi connectivity index (χ2v) is 9.58. The maximum Gasteiger partial charge on any atom is 0.329 e. The third-order valence-corrected chi connectivity index (χ3v) is 5.13. The summed E-state index contributed by atoms with van der Waals surface area (Å²) in [6.45, 7) is 11.3. The molecule has 0 aliphatic heterocycles. The van der Waals surface area contributed by atoms with Gasteiger partial charge in [0.1, 0.15) is 16.4 Å². The summed E-state index contributed by atoms with van der Waals surface area (Å²) in [6.07, 6.45) is 0.991. The lowest BCUT2D eigenvalue weighted by molar-refractivity contribution is -0.160. The molecule has 0 unspecified atom stereocenters. The summed E-state index contributed by atoms with van der Waals surface area (Å²) in [5, 5.41) is 2.49. The van der Waals surface area contributed by atoms with Gasteiger partial charge in [-0.25, -0.2) is 13.2 Å². The second-order valence-electron chi connectivity index (χ2n) is 7.01. The molecular formula is C14H27NO5S. The third kappa shape index (κ3) is 5.65. The Labute approximate surface area is 127 Å². The molecule has 21 heavy (non-hydrogen) atoms. The highest BCUT2D eigenvalue weighted by atomic mass is 32.2. The van der Waals surface area contributed by atoms with Gasteiger partial charge in [0.2, 0.25) is 5.91 Å². The number of hydrogen-bond acceptors (Lipinski definition) is 5. The Kier molecular flexibility index (Phi) is 6.00. The van der Waals surface area contributed by atoms with Gasteiger partial charge in [0.05, 0.1) is 0 Å². The first-order valence-electron chi connectivity index (χ1n) is 6.83. The summed E-state index contributed by atoms with van der Waals surface area (Å²) < 4.78 is 27.0. The van der Waals surface area contributed by atoms with Gasteiger partial charge in [-0.05, 0) is 40.5 Å². The monoisotopic (exact) mass is 321 g/mol. The molecular weight excluding hydrogens is 294 g/mol. The molecule has 0 aromatic rings. The number of carbonyl (C=O) groups excluding carboxylic acids is 2. The van der Waals surface area contributed by atoms with Crippen molar-refractivity contribution in [2.75, 3.05) is 6.26 Å². The van der Waals surface area contributed by atoms with Gasteiger partial charge >= 0.3 is 5.97 Å². The van der Waals surface area contributed by atoms with Crippen molar-refractivity contribution in [2.45, 2.75) is 64.9 Å². The van der Waals surface area contributed by atoms with Gasteiger partial charge < -0.3 is 10.1 Å². The van der Waals surface area contributed by atoms with E-state index in [1.807, 2.05) is 0 Å². The minimum absolute atomic E-state index is 0.223. The van der Waals surface area contributed by atoms with Crippen molar-refractivity contribution < 1.29 is 22.7 Å². The topological polar surface area (TPSA) is 89.5 Å². The smallest absolute Gasteiger partial charge is 0.329 e. The molecule has 0 heterocycles. The number of ether oxygens (including phenoxy) is 1. The van der Waals surface area contributed by atoms with Crippen LogP contribution in [0.1, 0.15) is 48.5 Å². The zero-order chi connectivity index (χ0) is 17.2. The van der Waals surface area contributed by atoms with Crippen LogP contribution in [0.4, 0.5) is 0 Å². The summed E-state index contributed by atoms with van der Waals surface area (Å²) in [4.78, 5) is 24.3. The van der Waals surface area contributed by atoms with Crippen molar-refractivity contribution in [1.82, 2.24) is 5.32 Å². The van der Waals surface area contributed by atoms with Crippen molar-refractivity contribution in [2.24, 2.45) is 5.92 Å². The molecule has 0 aromatic carbocycles. The molecule has 0 aromatic heterocycles. The van der Waals surface area contributed by atoms with Crippen LogP contribution >= 0.6 is 0 Å². The summed E-state index contributed by atoms with van der Waals surface area (Å²) in [7, 11) is -3.60. The summed E-state index contributed by atoms with van der Waals surface area (Å²) >= 11 is 0. The molecule has 0 saturated carbocycles. The Hall–Kier alpha value is -1.11. The number of carbonyl (C=O) groups is 2. The van der Waals surface area contributed by atoms with Crippen molar-refractivity contribution in [3.63, 3.8) is 0 Å². The van der Waals surface area contributed by atoms with E-state index in [0.717, 1.165) is 6.26 Å². The molecule has 0 rings (SSSR count). The normalized spacial score (nSPS) is 14.7. The average Bonchev–Trinajstić information content (AvgIpc) is 2.20. The lowest BCUT2D eigenvalue weighted by atomic mass is 10.0. The molecule has 0 radical (unpaired) electrons. The Morgan fingerprint density at radius 2 is 1.48 bits per heavy atom. The fourth-order valence-corrected chi connectivity index (χ4v) is 1.74. The van der Waals surface area contributed by atoms with E-state index in [1.54, 1.807) is 34.6 Å². The third-order valence-electron chi connectivity index (χ3n) is 3.09. The Bertz CT molecular complexity index is 500. The number of esters is 1. The minimum atomic E-state index is -3.60.